The molecule has 0 saturated heterocycles. The van der Waals surface area contributed by atoms with E-state index < -0.39 is 29.5 Å². The van der Waals surface area contributed by atoms with Crippen LogP contribution in [0.25, 0.3) is 0 Å². The Morgan fingerprint density at radius 3 is 2.61 bits per heavy atom. The molecule has 1 heterocycles. The zero-order valence-electron chi connectivity index (χ0n) is 13.5. The number of benzene rings is 1. The molecule has 0 fully saturated rings. The molecular weight excluding hydrogens is 325 g/mol. The zero-order chi connectivity index (χ0) is 17.4. The second kappa shape index (κ2) is 6.35. The van der Waals surface area contributed by atoms with Gasteiger partial charge < -0.3 is 9.47 Å². The van der Waals surface area contributed by atoms with Crippen LogP contribution < -0.4 is 4.90 Å². The summed E-state index contributed by atoms with van der Waals surface area (Å²) in [7, 11) is 0. The van der Waals surface area contributed by atoms with Gasteiger partial charge in [-0.2, -0.15) is 0 Å². The van der Waals surface area contributed by atoms with E-state index in [1.54, 1.807) is 27.7 Å². The maximum Gasteiger partial charge on any atom is 0.415 e. The van der Waals surface area contributed by atoms with Crippen molar-refractivity contribution in [1.29, 1.82) is 0 Å². The van der Waals surface area contributed by atoms with Gasteiger partial charge in [-0.3, -0.25) is 4.90 Å². The number of ether oxygens (including phenoxy) is 2. The van der Waals surface area contributed by atoms with Crippen LogP contribution in [0, 0.1) is 12.7 Å². The number of halogens is 2. The molecule has 1 aromatic rings. The zero-order valence-corrected chi connectivity index (χ0v) is 14.2. The van der Waals surface area contributed by atoms with E-state index in [-0.39, 0.29) is 12.5 Å². The van der Waals surface area contributed by atoms with Crippen molar-refractivity contribution in [2.24, 2.45) is 0 Å². The van der Waals surface area contributed by atoms with E-state index in [0.717, 1.165) is 4.90 Å². The van der Waals surface area contributed by atoms with Crippen molar-refractivity contribution in [3.05, 3.63) is 29.1 Å². The molecule has 0 N–H and O–H groups in total. The molecule has 0 radical (unpaired) electrons. The number of alkyl halides is 1. The Kier molecular flexibility index (Phi) is 4.84. The number of carbonyl (C=O) groups excluding carboxylic acids is 2. The molecule has 23 heavy (non-hydrogen) atoms. The minimum absolute atomic E-state index is 0.233. The van der Waals surface area contributed by atoms with Crippen LogP contribution in [0.15, 0.2) is 12.1 Å². The summed E-state index contributed by atoms with van der Waals surface area (Å²) >= 11 is 5.44. The highest BCUT2D eigenvalue weighted by Crippen LogP contribution is 2.36. The van der Waals surface area contributed by atoms with Crippen LogP contribution >= 0.6 is 11.6 Å². The predicted molar refractivity (Wildman–Crippen MR) is 84.2 cm³/mol. The van der Waals surface area contributed by atoms with Crippen LogP contribution in [0.1, 0.15) is 31.9 Å². The van der Waals surface area contributed by atoms with E-state index in [0.29, 0.717) is 16.8 Å². The minimum atomic E-state index is -0.918. The van der Waals surface area contributed by atoms with Crippen molar-refractivity contribution in [3.8, 4) is 0 Å². The molecule has 0 aromatic heterocycles. The summed E-state index contributed by atoms with van der Waals surface area (Å²) in [5, 5.41) is 0. The third kappa shape index (κ3) is 3.75. The summed E-state index contributed by atoms with van der Waals surface area (Å²) in [6, 6.07) is 1.35. The summed E-state index contributed by atoms with van der Waals surface area (Å²) in [4.78, 5) is 25.8. The second-order valence-corrected chi connectivity index (χ2v) is 6.58. The molecule has 1 aliphatic rings. The van der Waals surface area contributed by atoms with Crippen LogP contribution in [-0.4, -0.2) is 29.8 Å². The van der Waals surface area contributed by atoms with Crippen molar-refractivity contribution in [2.45, 2.75) is 45.8 Å². The second-order valence-electron chi connectivity index (χ2n) is 6.36. The molecule has 7 heteroatoms. The van der Waals surface area contributed by atoms with Crippen LogP contribution in [0.2, 0.25) is 0 Å². The minimum Gasteiger partial charge on any atom is -0.448 e. The summed E-state index contributed by atoms with van der Waals surface area (Å²) in [6.45, 7) is 6.87. The van der Waals surface area contributed by atoms with E-state index in [1.807, 2.05) is 0 Å². The lowest BCUT2D eigenvalue weighted by atomic mass is 10.0. The van der Waals surface area contributed by atoms with Crippen LogP contribution in [0.3, 0.4) is 0 Å². The number of anilines is 1. The third-order valence-electron chi connectivity index (χ3n) is 3.44. The average molecular weight is 344 g/mol. The molecule has 1 unspecified atom stereocenters. The summed E-state index contributed by atoms with van der Waals surface area (Å²) < 4.78 is 23.9. The summed E-state index contributed by atoms with van der Waals surface area (Å²) in [6.07, 6.45) is -0.492. The van der Waals surface area contributed by atoms with E-state index in [4.69, 9.17) is 21.1 Å². The van der Waals surface area contributed by atoms with Gasteiger partial charge in [-0.15, -0.1) is 0 Å². The number of nitrogens with zero attached hydrogens (tertiary/aromatic N) is 1. The fourth-order valence-corrected chi connectivity index (χ4v) is 2.67. The summed E-state index contributed by atoms with van der Waals surface area (Å²) in [5.41, 5.74) is 0.958. The number of hydrogen-bond acceptors (Lipinski definition) is 4. The SMILES string of the molecule is Cc1cc(F)cc2c1CC(C(=O)OCCl)N2C(=O)OC(C)(C)C. The molecular formula is C16H19ClFNO4. The predicted octanol–water partition coefficient (Wildman–Crippen LogP) is 3.54. The van der Waals surface area contributed by atoms with Crippen LogP contribution in [-0.2, 0) is 20.7 Å². The first-order valence-corrected chi connectivity index (χ1v) is 7.71. The fourth-order valence-electron chi connectivity index (χ4n) is 2.56. The van der Waals surface area contributed by atoms with Gasteiger partial charge in [0, 0.05) is 6.42 Å². The van der Waals surface area contributed by atoms with Gasteiger partial charge in [0.2, 0.25) is 0 Å². The quantitative estimate of drug-likeness (QED) is 0.609. The fraction of sp³-hybridized carbons (Fsp3) is 0.500. The molecule has 1 aromatic carbocycles. The molecule has 5 nitrogen and oxygen atoms in total. The normalized spacial score (nSPS) is 17.0. The maximum atomic E-state index is 13.8. The van der Waals surface area contributed by atoms with Gasteiger partial charge in [-0.05, 0) is 51.0 Å². The third-order valence-corrected chi connectivity index (χ3v) is 3.55. The highest BCUT2D eigenvalue weighted by Gasteiger charge is 2.42. The Labute approximate surface area is 139 Å². The monoisotopic (exact) mass is 343 g/mol. The van der Waals surface area contributed by atoms with E-state index in [9.17, 15) is 14.0 Å². The number of carbonyl (C=O) groups is 2. The average Bonchev–Trinajstić information content (AvgIpc) is 2.76. The maximum absolute atomic E-state index is 13.8. The lowest BCUT2D eigenvalue weighted by molar-refractivity contribution is -0.143. The first-order chi connectivity index (χ1) is 10.6. The van der Waals surface area contributed by atoms with Gasteiger partial charge in [0.1, 0.15) is 17.5 Å². The van der Waals surface area contributed by atoms with E-state index in [2.05, 4.69) is 0 Å². The van der Waals surface area contributed by atoms with E-state index >= 15 is 0 Å². The largest absolute Gasteiger partial charge is 0.448 e. The van der Waals surface area contributed by atoms with Gasteiger partial charge >= 0.3 is 12.1 Å². The van der Waals surface area contributed by atoms with Gasteiger partial charge in [-0.1, -0.05) is 11.6 Å². The molecule has 1 amide bonds. The van der Waals surface area contributed by atoms with Crippen molar-refractivity contribution in [1.82, 2.24) is 0 Å². The van der Waals surface area contributed by atoms with Crippen LogP contribution in [0.4, 0.5) is 14.9 Å². The molecule has 0 saturated carbocycles. The van der Waals surface area contributed by atoms with Crippen molar-refractivity contribution in [2.75, 3.05) is 11.0 Å². The number of fused-ring (bicyclic) bond motifs is 1. The number of rotatable bonds is 2. The molecule has 2 rings (SSSR count). The molecule has 1 aliphatic heterocycles. The number of esters is 1. The highest BCUT2D eigenvalue weighted by atomic mass is 35.5. The van der Waals surface area contributed by atoms with Crippen molar-refractivity contribution < 1.29 is 23.5 Å². The Balaban J connectivity index is 2.44. The molecule has 0 bridgehead atoms. The molecule has 126 valence electrons. The van der Waals surface area contributed by atoms with E-state index in [1.165, 1.54) is 12.1 Å². The highest BCUT2D eigenvalue weighted by molar-refractivity contribution is 6.17. The smallest absolute Gasteiger partial charge is 0.415 e. The van der Waals surface area contributed by atoms with Crippen molar-refractivity contribution in [3.63, 3.8) is 0 Å². The summed E-state index contributed by atoms with van der Waals surface area (Å²) in [5.74, 6) is -1.14. The first kappa shape index (κ1) is 17.5. The molecule has 0 spiro atoms. The van der Waals surface area contributed by atoms with Crippen molar-refractivity contribution >= 4 is 29.4 Å². The Morgan fingerprint density at radius 1 is 1.39 bits per heavy atom. The number of aryl methyl sites for hydroxylation is 1. The lowest BCUT2D eigenvalue weighted by Gasteiger charge is -2.28. The lowest BCUT2D eigenvalue weighted by Crippen LogP contribution is -2.46. The Bertz CT molecular complexity index is 642. The van der Waals surface area contributed by atoms with Gasteiger partial charge in [0.25, 0.3) is 0 Å². The molecule has 0 aliphatic carbocycles. The standard InChI is InChI=1S/C16H19ClFNO4/c1-9-5-10(18)6-12-11(9)7-13(14(20)22-8-17)19(12)15(21)23-16(2,3)4/h5-6,13H,7-8H2,1-4H3. The number of hydrogen-bond donors (Lipinski definition) is 0. The topological polar surface area (TPSA) is 55.8 Å². The van der Waals surface area contributed by atoms with Gasteiger partial charge in [0.05, 0.1) is 5.69 Å². The molecule has 1 atom stereocenters. The first-order valence-electron chi connectivity index (χ1n) is 7.18. The Morgan fingerprint density at radius 2 is 2.04 bits per heavy atom. The van der Waals surface area contributed by atoms with Crippen LogP contribution in [0.5, 0.6) is 0 Å². The Hall–Kier alpha value is -1.82. The number of amides is 1. The van der Waals surface area contributed by atoms with Gasteiger partial charge in [-0.25, -0.2) is 14.0 Å². The van der Waals surface area contributed by atoms with Gasteiger partial charge in [0.15, 0.2) is 6.07 Å².